The molecule has 4 aliphatic rings. The molecule has 7 nitrogen and oxygen atoms in total. The summed E-state index contributed by atoms with van der Waals surface area (Å²) in [5.41, 5.74) is 0.326. The van der Waals surface area contributed by atoms with E-state index in [9.17, 15) is 23.4 Å². The molecular formula is C32H49NO6S. The van der Waals surface area contributed by atoms with Crippen LogP contribution in [0.25, 0.3) is 0 Å². The van der Waals surface area contributed by atoms with Gasteiger partial charge in [-0.25, -0.2) is 17.9 Å². The van der Waals surface area contributed by atoms with Gasteiger partial charge >= 0.3 is 6.09 Å². The molecule has 0 spiro atoms. The highest BCUT2D eigenvalue weighted by Crippen LogP contribution is 2.69. The Hall–Kier alpha value is -1.64. The van der Waals surface area contributed by atoms with Crippen molar-refractivity contribution in [3.63, 3.8) is 0 Å². The van der Waals surface area contributed by atoms with Crippen molar-refractivity contribution in [2.45, 2.75) is 103 Å². The lowest BCUT2D eigenvalue weighted by Crippen LogP contribution is -2.62. The van der Waals surface area contributed by atoms with Crippen LogP contribution in [0.3, 0.4) is 0 Å². The van der Waals surface area contributed by atoms with E-state index in [1.54, 1.807) is 18.2 Å². The van der Waals surface area contributed by atoms with Gasteiger partial charge in [0.25, 0.3) is 10.0 Å². The number of hydrogen-bond acceptors (Lipinski definition) is 6. The average Bonchev–Trinajstić information content (AvgIpc) is 3.27. The van der Waals surface area contributed by atoms with Gasteiger partial charge in [0.15, 0.2) is 0 Å². The fourth-order valence-corrected chi connectivity index (χ4v) is 11.2. The summed E-state index contributed by atoms with van der Waals surface area (Å²) in [6, 6.07) is 7.81. The van der Waals surface area contributed by atoms with Crippen LogP contribution in [0.15, 0.2) is 35.2 Å². The number of rotatable bonds is 7. The molecule has 0 aromatic heterocycles. The van der Waals surface area contributed by atoms with Gasteiger partial charge in [-0.05, 0) is 116 Å². The summed E-state index contributed by atoms with van der Waals surface area (Å²) in [5.74, 6) is 2.74. The third-order valence-corrected chi connectivity index (χ3v) is 13.6. The summed E-state index contributed by atoms with van der Waals surface area (Å²) in [6.45, 7) is 9.52. The SMILES string of the molecule is CC[C@H]1[C@@H](O)[C@@H]2[C@H](CC[C@]3(C)[C@@H]([C@H](C)CCOC(=O)NS(=O)(=O)c4ccccc4)CC[C@@H]23)[C@@]2(C)CC[C@@H](O)C[C@@H]12. The van der Waals surface area contributed by atoms with E-state index in [1.165, 1.54) is 12.1 Å². The minimum atomic E-state index is -3.95. The molecule has 40 heavy (non-hydrogen) atoms. The Bertz CT molecular complexity index is 1160. The first kappa shape index (κ1) is 29.8. The number of hydrogen-bond donors (Lipinski definition) is 3. The van der Waals surface area contributed by atoms with E-state index in [0.29, 0.717) is 41.9 Å². The van der Waals surface area contributed by atoms with Crippen LogP contribution in [0.4, 0.5) is 4.79 Å². The first-order valence-electron chi connectivity index (χ1n) is 15.5. The number of nitrogens with one attached hydrogen (secondary N) is 1. The van der Waals surface area contributed by atoms with Crippen LogP contribution in [0.5, 0.6) is 0 Å². The van der Waals surface area contributed by atoms with E-state index >= 15 is 0 Å². The smallest absolute Gasteiger partial charge is 0.421 e. The summed E-state index contributed by atoms with van der Waals surface area (Å²) in [6.07, 6.45) is 7.45. The molecule has 0 radical (unpaired) electrons. The highest BCUT2D eigenvalue weighted by atomic mass is 32.2. The largest absolute Gasteiger partial charge is 0.449 e. The Balaban J connectivity index is 1.22. The van der Waals surface area contributed by atoms with Crippen LogP contribution in [0.1, 0.15) is 85.5 Å². The second kappa shape index (κ2) is 11.2. The van der Waals surface area contributed by atoms with E-state index < -0.39 is 16.1 Å². The second-order valence-electron chi connectivity index (χ2n) is 13.9. The van der Waals surface area contributed by atoms with Crippen LogP contribution in [-0.4, -0.2) is 43.5 Å². The Labute approximate surface area is 240 Å². The maximum atomic E-state index is 12.4. The molecule has 4 aliphatic carbocycles. The number of sulfonamides is 1. The topological polar surface area (TPSA) is 113 Å². The Morgan fingerprint density at radius 1 is 1.02 bits per heavy atom. The zero-order valence-electron chi connectivity index (χ0n) is 24.6. The summed E-state index contributed by atoms with van der Waals surface area (Å²) < 4.78 is 32.2. The van der Waals surface area contributed by atoms with Crippen molar-refractivity contribution in [1.29, 1.82) is 0 Å². The molecular weight excluding hydrogens is 526 g/mol. The summed E-state index contributed by atoms with van der Waals surface area (Å²) in [4.78, 5) is 12.3. The Morgan fingerprint density at radius 3 is 2.40 bits per heavy atom. The molecule has 1 amide bonds. The minimum absolute atomic E-state index is 0.0284. The zero-order valence-corrected chi connectivity index (χ0v) is 25.4. The summed E-state index contributed by atoms with van der Waals surface area (Å²) in [5, 5.41) is 22.4. The first-order chi connectivity index (χ1) is 18.9. The first-order valence-corrected chi connectivity index (χ1v) is 17.0. The van der Waals surface area contributed by atoms with Gasteiger partial charge in [0.1, 0.15) is 0 Å². The maximum absolute atomic E-state index is 12.4. The van der Waals surface area contributed by atoms with E-state index in [-0.39, 0.29) is 40.5 Å². The van der Waals surface area contributed by atoms with Crippen molar-refractivity contribution in [1.82, 2.24) is 4.72 Å². The monoisotopic (exact) mass is 575 g/mol. The third kappa shape index (κ3) is 5.11. The van der Waals surface area contributed by atoms with Gasteiger partial charge in [0, 0.05) is 0 Å². The van der Waals surface area contributed by atoms with E-state index in [4.69, 9.17) is 4.74 Å². The molecule has 0 heterocycles. The van der Waals surface area contributed by atoms with Crippen molar-refractivity contribution in [3.05, 3.63) is 30.3 Å². The number of amides is 1. The number of fused-ring (bicyclic) bond motifs is 5. The number of carbonyl (C=O) groups excluding carboxylic acids is 1. The highest BCUT2D eigenvalue weighted by molar-refractivity contribution is 7.90. The average molecular weight is 576 g/mol. The van der Waals surface area contributed by atoms with Crippen molar-refractivity contribution in [2.24, 2.45) is 52.3 Å². The number of carbonyl (C=O) groups is 1. The number of benzene rings is 1. The Morgan fingerprint density at radius 2 is 1.70 bits per heavy atom. The predicted molar refractivity (Wildman–Crippen MR) is 154 cm³/mol. The van der Waals surface area contributed by atoms with Crippen molar-refractivity contribution in [3.8, 4) is 0 Å². The van der Waals surface area contributed by atoms with Crippen LogP contribution >= 0.6 is 0 Å². The molecule has 224 valence electrons. The molecule has 8 heteroatoms. The van der Waals surface area contributed by atoms with Crippen molar-refractivity contribution < 1.29 is 28.2 Å². The standard InChI is InChI=1S/C32H49NO6S/c1-5-23-27-19-21(34)13-16-32(27,4)26-14-17-31(3)24(11-12-25(31)28(26)29(23)35)20(2)15-18-39-30(36)33-40(37,38)22-9-7-6-8-10-22/h6-10,20-21,23-29,34-35H,5,11-19H2,1-4H3,(H,33,36)/t20-,21-,23-,24-,25+,26+,27+,28+,29-,31-,32-/m1/s1. The molecule has 1 aromatic carbocycles. The molecule has 0 saturated heterocycles. The number of aliphatic hydroxyl groups excluding tert-OH is 2. The summed E-state index contributed by atoms with van der Waals surface area (Å²) >= 11 is 0. The molecule has 0 unspecified atom stereocenters. The lowest BCUT2D eigenvalue weighted by Gasteiger charge is -2.64. The van der Waals surface area contributed by atoms with Crippen LogP contribution < -0.4 is 4.72 Å². The molecule has 4 fully saturated rings. The van der Waals surface area contributed by atoms with Gasteiger partial charge in [-0.15, -0.1) is 0 Å². The van der Waals surface area contributed by atoms with Crippen LogP contribution in [-0.2, 0) is 14.8 Å². The number of ether oxygens (including phenoxy) is 1. The minimum Gasteiger partial charge on any atom is -0.449 e. The molecule has 5 rings (SSSR count). The van der Waals surface area contributed by atoms with Gasteiger partial charge in [0.05, 0.1) is 23.7 Å². The van der Waals surface area contributed by atoms with Gasteiger partial charge in [-0.1, -0.05) is 52.3 Å². The molecule has 0 bridgehead atoms. The lowest BCUT2D eigenvalue weighted by atomic mass is 9.41. The molecule has 3 N–H and O–H groups in total. The van der Waals surface area contributed by atoms with Crippen molar-refractivity contribution in [2.75, 3.05) is 6.61 Å². The van der Waals surface area contributed by atoms with Gasteiger partial charge in [-0.3, -0.25) is 0 Å². The molecule has 0 aliphatic heterocycles. The maximum Gasteiger partial charge on any atom is 0.421 e. The lowest BCUT2D eigenvalue weighted by molar-refractivity contribution is -0.203. The van der Waals surface area contributed by atoms with E-state index in [0.717, 1.165) is 51.4 Å². The quantitative estimate of drug-likeness (QED) is 0.381. The van der Waals surface area contributed by atoms with Crippen LogP contribution in [0, 0.1) is 52.3 Å². The fourth-order valence-electron chi connectivity index (χ4n) is 10.3. The highest BCUT2D eigenvalue weighted by Gasteiger charge is 2.64. The van der Waals surface area contributed by atoms with Gasteiger partial charge in [0.2, 0.25) is 0 Å². The Kier molecular flexibility index (Phi) is 8.37. The molecule has 4 saturated carbocycles. The zero-order chi connectivity index (χ0) is 28.9. The molecule has 1 aromatic rings. The third-order valence-electron chi connectivity index (χ3n) is 12.2. The normalized spacial score (nSPS) is 41.8. The second-order valence-corrected chi connectivity index (χ2v) is 15.6. The van der Waals surface area contributed by atoms with Crippen molar-refractivity contribution >= 4 is 16.1 Å². The number of aliphatic hydroxyl groups is 2. The van der Waals surface area contributed by atoms with E-state index in [2.05, 4.69) is 27.7 Å². The van der Waals surface area contributed by atoms with Gasteiger partial charge in [-0.2, -0.15) is 0 Å². The van der Waals surface area contributed by atoms with Gasteiger partial charge < -0.3 is 14.9 Å². The summed E-state index contributed by atoms with van der Waals surface area (Å²) in [7, 11) is -3.95. The van der Waals surface area contributed by atoms with E-state index in [1.807, 2.05) is 4.72 Å². The fraction of sp³-hybridized carbons (Fsp3) is 0.781. The van der Waals surface area contributed by atoms with Crippen LogP contribution in [0.2, 0.25) is 0 Å². The predicted octanol–water partition coefficient (Wildman–Crippen LogP) is 5.75. The molecule has 11 atom stereocenters.